The summed E-state index contributed by atoms with van der Waals surface area (Å²) in [5, 5.41) is 3.03. The highest BCUT2D eigenvalue weighted by molar-refractivity contribution is 5.36. The Labute approximate surface area is 122 Å². The first kappa shape index (κ1) is 14.0. The smallest absolute Gasteiger partial charge is 0.163 e. The summed E-state index contributed by atoms with van der Waals surface area (Å²) >= 11 is 0. The second-order valence-electron chi connectivity index (χ2n) is 5.25. The van der Waals surface area contributed by atoms with Crippen molar-refractivity contribution in [3.8, 4) is 5.75 Å². The van der Waals surface area contributed by atoms with Gasteiger partial charge in [-0.2, -0.15) is 0 Å². The van der Waals surface area contributed by atoms with Crippen molar-refractivity contribution in [1.82, 2.24) is 5.32 Å². The molecular weight excluding hydrogens is 272 g/mol. The largest absolute Gasteiger partial charge is 0.490 e. The Morgan fingerprint density at radius 2 is 1.81 bits per heavy atom. The van der Waals surface area contributed by atoms with Gasteiger partial charge in [-0.25, -0.2) is 8.78 Å². The Bertz CT molecular complexity index is 623. The fourth-order valence-corrected chi connectivity index (χ4v) is 2.36. The number of rotatable bonds is 5. The van der Waals surface area contributed by atoms with Crippen LogP contribution in [-0.2, 0) is 0 Å². The number of hydrogen-bond acceptors (Lipinski definition) is 2. The molecule has 2 nitrogen and oxygen atoms in total. The average molecular weight is 289 g/mol. The second kappa shape index (κ2) is 5.82. The molecule has 2 aromatic rings. The molecule has 1 unspecified atom stereocenters. The summed E-state index contributed by atoms with van der Waals surface area (Å²) in [5.41, 5.74) is 1.17. The van der Waals surface area contributed by atoms with E-state index in [1.54, 1.807) is 13.1 Å². The monoisotopic (exact) mass is 289 g/mol. The van der Waals surface area contributed by atoms with Crippen molar-refractivity contribution in [1.29, 1.82) is 0 Å². The molecule has 0 aliphatic heterocycles. The number of hydrogen-bond donors (Lipinski definition) is 1. The summed E-state index contributed by atoms with van der Waals surface area (Å²) in [6, 6.07) is 11.3. The lowest BCUT2D eigenvalue weighted by Gasteiger charge is -2.18. The van der Waals surface area contributed by atoms with Crippen LogP contribution in [0.3, 0.4) is 0 Å². The lowest BCUT2D eigenvalue weighted by atomic mass is 9.98. The van der Waals surface area contributed by atoms with Crippen molar-refractivity contribution >= 4 is 0 Å². The zero-order valence-corrected chi connectivity index (χ0v) is 11.8. The SMILES string of the molecule is CNC(c1ccc(OC2CC2)cc1)c1cccc(F)c1F. The van der Waals surface area contributed by atoms with Crippen LogP contribution in [0, 0.1) is 11.6 Å². The molecule has 1 aliphatic carbocycles. The minimum absolute atomic E-state index is 0.299. The fraction of sp³-hybridized carbons (Fsp3) is 0.294. The summed E-state index contributed by atoms with van der Waals surface area (Å²) in [5.74, 6) is -0.826. The molecule has 4 heteroatoms. The highest BCUT2D eigenvalue weighted by Gasteiger charge is 2.24. The van der Waals surface area contributed by atoms with E-state index in [0.717, 1.165) is 30.2 Å². The highest BCUT2D eigenvalue weighted by Crippen LogP contribution is 2.29. The molecule has 3 rings (SSSR count). The Morgan fingerprint density at radius 3 is 2.43 bits per heavy atom. The van der Waals surface area contributed by atoms with E-state index in [2.05, 4.69) is 5.32 Å². The van der Waals surface area contributed by atoms with Gasteiger partial charge in [-0.15, -0.1) is 0 Å². The zero-order valence-electron chi connectivity index (χ0n) is 11.8. The van der Waals surface area contributed by atoms with E-state index in [1.807, 2.05) is 24.3 Å². The molecule has 1 saturated carbocycles. The minimum Gasteiger partial charge on any atom is -0.490 e. The first-order chi connectivity index (χ1) is 10.2. The Morgan fingerprint density at radius 1 is 1.10 bits per heavy atom. The lowest BCUT2D eigenvalue weighted by molar-refractivity contribution is 0.303. The summed E-state index contributed by atoms with van der Waals surface area (Å²) in [6.45, 7) is 0. The molecule has 21 heavy (non-hydrogen) atoms. The maximum absolute atomic E-state index is 13.9. The van der Waals surface area contributed by atoms with Crippen molar-refractivity contribution in [2.24, 2.45) is 0 Å². The van der Waals surface area contributed by atoms with Gasteiger partial charge in [-0.05, 0) is 43.7 Å². The van der Waals surface area contributed by atoms with E-state index >= 15 is 0 Å². The molecule has 2 aromatic carbocycles. The van der Waals surface area contributed by atoms with Crippen molar-refractivity contribution in [3.63, 3.8) is 0 Å². The minimum atomic E-state index is -0.832. The first-order valence-electron chi connectivity index (χ1n) is 7.07. The third kappa shape index (κ3) is 3.05. The van der Waals surface area contributed by atoms with Crippen LogP contribution in [0.15, 0.2) is 42.5 Å². The Hall–Kier alpha value is -1.94. The van der Waals surface area contributed by atoms with Crippen molar-refractivity contribution in [3.05, 3.63) is 65.2 Å². The molecule has 1 N–H and O–H groups in total. The topological polar surface area (TPSA) is 21.3 Å². The van der Waals surface area contributed by atoms with E-state index in [1.165, 1.54) is 6.07 Å². The maximum Gasteiger partial charge on any atom is 0.163 e. The van der Waals surface area contributed by atoms with Crippen LogP contribution in [0.1, 0.15) is 30.0 Å². The number of halogens is 2. The molecular formula is C17H17F2NO. The number of ether oxygens (including phenoxy) is 1. The molecule has 1 atom stereocenters. The molecule has 1 aliphatic rings. The summed E-state index contributed by atoms with van der Waals surface area (Å²) in [4.78, 5) is 0. The van der Waals surface area contributed by atoms with Crippen LogP contribution in [0.5, 0.6) is 5.75 Å². The first-order valence-corrected chi connectivity index (χ1v) is 7.07. The summed E-state index contributed by atoms with van der Waals surface area (Å²) in [6.07, 6.45) is 2.56. The van der Waals surface area contributed by atoms with Crippen LogP contribution in [0.25, 0.3) is 0 Å². The fourth-order valence-electron chi connectivity index (χ4n) is 2.36. The Balaban J connectivity index is 1.86. The number of benzene rings is 2. The predicted molar refractivity (Wildman–Crippen MR) is 77.4 cm³/mol. The second-order valence-corrected chi connectivity index (χ2v) is 5.25. The van der Waals surface area contributed by atoms with E-state index in [4.69, 9.17) is 4.74 Å². The third-order valence-corrected chi connectivity index (χ3v) is 3.62. The third-order valence-electron chi connectivity index (χ3n) is 3.62. The molecule has 0 spiro atoms. The predicted octanol–water partition coefficient (Wildman–Crippen LogP) is 3.81. The molecule has 0 aromatic heterocycles. The van der Waals surface area contributed by atoms with E-state index in [0.29, 0.717) is 11.7 Å². The average Bonchev–Trinajstić information content (AvgIpc) is 3.30. The van der Waals surface area contributed by atoms with Gasteiger partial charge in [0.15, 0.2) is 11.6 Å². The molecule has 110 valence electrons. The van der Waals surface area contributed by atoms with Gasteiger partial charge >= 0.3 is 0 Å². The van der Waals surface area contributed by atoms with Gasteiger partial charge < -0.3 is 10.1 Å². The van der Waals surface area contributed by atoms with Crippen molar-refractivity contribution in [2.75, 3.05) is 7.05 Å². The van der Waals surface area contributed by atoms with Crippen LogP contribution in [0.2, 0.25) is 0 Å². The van der Waals surface area contributed by atoms with E-state index < -0.39 is 17.7 Å². The van der Waals surface area contributed by atoms with Gasteiger partial charge in [0.1, 0.15) is 5.75 Å². The van der Waals surface area contributed by atoms with Gasteiger partial charge in [0, 0.05) is 5.56 Å². The van der Waals surface area contributed by atoms with Crippen molar-refractivity contribution in [2.45, 2.75) is 25.0 Å². The van der Waals surface area contributed by atoms with E-state index in [-0.39, 0.29) is 0 Å². The molecule has 0 saturated heterocycles. The highest BCUT2D eigenvalue weighted by atomic mass is 19.2. The standard InChI is InChI=1S/C17H17F2NO/c1-20-17(14-3-2-4-15(18)16(14)19)11-5-7-12(8-6-11)21-13-9-10-13/h2-8,13,17,20H,9-10H2,1H3. The van der Waals surface area contributed by atoms with Gasteiger partial charge in [-0.3, -0.25) is 0 Å². The zero-order chi connectivity index (χ0) is 14.8. The molecule has 0 bridgehead atoms. The maximum atomic E-state index is 13.9. The van der Waals surface area contributed by atoms with Crippen LogP contribution >= 0.6 is 0 Å². The molecule has 0 radical (unpaired) electrons. The summed E-state index contributed by atoms with van der Waals surface area (Å²) in [7, 11) is 1.73. The Kier molecular flexibility index (Phi) is 3.88. The molecule has 0 amide bonds. The van der Waals surface area contributed by atoms with Crippen molar-refractivity contribution < 1.29 is 13.5 Å². The lowest BCUT2D eigenvalue weighted by Crippen LogP contribution is -2.19. The molecule has 1 fully saturated rings. The number of nitrogens with one attached hydrogen (secondary N) is 1. The van der Waals surface area contributed by atoms with Gasteiger partial charge in [0.05, 0.1) is 12.1 Å². The van der Waals surface area contributed by atoms with Gasteiger partial charge in [0.2, 0.25) is 0 Å². The molecule has 0 heterocycles. The van der Waals surface area contributed by atoms with Crippen LogP contribution in [0.4, 0.5) is 8.78 Å². The normalized spacial score (nSPS) is 15.8. The van der Waals surface area contributed by atoms with Crippen LogP contribution in [-0.4, -0.2) is 13.2 Å². The van der Waals surface area contributed by atoms with E-state index in [9.17, 15) is 8.78 Å². The summed E-state index contributed by atoms with van der Waals surface area (Å²) < 4.78 is 33.0. The van der Waals surface area contributed by atoms with Gasteiger partial charge in [-0.1, -0.05) is 24.3 Å². The van der Waals surface area contributed by atoms with Crippen LogP contribution < -0.4 is 10.1 Å². The van der Waals surface area contributed by atoms with Gasteiger partial charge in [0.25, 0.3) is 0 Å². The quantitative estimate of drug-likeness (QED) is 0.903.